The number of nitrogens with one attached hydrogen (secondary N) is 2. The van der Waals surface area contributed by atoms with Crippen molar-refractivity contribution in [2.24, 2.45) is 0 Å². The fourth-order valence-corrected chi connectivity index (χ4v) is 2.63. The first-order valence-electron chi connectivity index (χ1n) is 6.42. The molecular formula is C15H15ClN2O2. The van der Waals surface area contributed by atoms with E-state index in [9.17, 15) is 10.2 Å². The molecule has 0 bridgehead atoms. The fourth-order valence-electron chi connectivity index (χ4n) is 2.50. The SMILES string of the molecule is Oc1ccc(C2CC(c3ccc(Cl)cc3)NN2)c(O)c1. The molecule has 4 nitrogen and oxygen atoms in total. The number of rotatable bonds is 2. The summed E-state index contributed by atoms with van der Waals surface area (Å²) in [5, 5.41) is 19.9. The molecule has 5 heteroatoms. The third-order valence-electron chi connectivity index (χ3n) is 3.57. The Hall–Kier alpha value is -1.75. The molecule has 2 unspecified atom stereocenters. The van der Waals surface area contributed by atoms with E-state index < -0.39 is 0 Å². The molecule has 104 valence electrons. The summed E-state index contributed by atoms with van der Waals surface area (Å²) in [6, 6.07) is 12.5. The van der Waals surface area contributed by atoms with Crippen molar-refractivity contribution in [2.45, 2.75) is 18.5 Å². The van der Waals surface area contributed by atoms with Crippen LogP contribution in [0.2, 0.25) is 5.02 Å². The zero-order chi connectivity index (χ0) is 14.1. The number of hydrogen-bond donors (Lipinski definition) is 4. The van der Waals surface area contributed by atoms with Gasteiger partial charge in [0.25, 0.3) is 0 Å². The van der Waals surface area contributed by atoms with Crippen molar-refractivity contribution in [3.05, 3.63) is 58.6 Å². The first kappa shape index (κ1) is 13.2. The predicted octanol–water partition coefficient (Wildman–Crippen LogP) is 3.03. The second-order valence-corrected chi connectivity index (χ2v) is 5.36. The summed E-state index contributed by atoms with van der Waals surface area (Å²) in [5.74, 6) is 0.160. The summed E-state index contributed by atoms with van der Waals surface area (Å²) in [6.07, 6.45) is 0.806. The molecule has 20 heavy (non-hydrogen) atoms. The van der Waals surface area contributed by atoms with Gasteiger partial charge in [0, 0.05) is 22.7 Å². The van der Waals surface area contributed by atoms with Crippen molar-refractivity contribution in [1.29, 1.82) is 0 Å². The van der Waals surface area contributed by atoms with Gasteiger partial charge in [-0.05, 0) is 30.2 Å². The van der Waals surface area contributed by atoms with Crippen molar-refractivity contribution in [1.82, 2.24) is 10.9 Å². The molecule has 4 N–H and O–H groups in total. The Bertz CT molecular complexity index is 616. The lowest BCUT2D eigenvalue weighted by Gasteiger charge is -2.12. The summed E-state index contributed by atoms with van der Waals surface area (Å²) >= 11 is 5.89. The minimum Gasteiger partial charge on any atom is -0.508 e. The number of hydrazine groups is 1. The van der Waals surface area contributed by atoms with Crippen molar-refractivity contribution < 1.29 is 10.2 Å². The van der Waals surface area contributed by atoms with Crippen molar-refractivity contribution in [3.8, 4) is 11.5 Å². The number of hydrogen-bond acceptors (Lipinski definition) is 4. The molecule has 0 aromatic heterocycles. The van der Waals surface area contributed by atoms with Crippen LogP contribution in [0.15, 0.2) is 42.5 Å². The van der Waals surface area contributed by atoms with Gasteiger partial charge in [-0.1, -0.05) is 29.8 Å². The highest BCUT2D eigenvalue weighted by Gasteiger charge is 2.27. The molecule has 0 saturated carbocycles. The Morgan fingerprint density at radius 3 is 2.35 bits per heavy atom. The largest absolute Gasteiger partial charge is 0.508 e. The molecule has 2 atom stereocenters. The maximum Gasteiger partial charge on any atom is 0.124 e. The Morgan fingerprint density at radius 1 is 0.950 bits per heavy atom. The quantitative estimate of drug-likeness (QED) is 0.686. The fraction of sp³-hybridized carbons (Fsp3) is 0.200. The van der Waals surface area contributed by atoms with Gasteiger partial charge in [0.2, 0.25) is 0 Å². The standard InChI is InChI=1S/C15H15ClN2O2/c16-10-3-1-9(2-4-10)13-8-14(18-17-13)12-6-5-11(19)7-15(12)20/h1-7,13-14,17-20H,8H2. The molecule has 1 aliphatic rings. The van der Waals surface area contributed by atoms with E-state index in [1.165, 1.54) is 6.07 Å². The Labute approximate surface area is 122 Å². The van der Waals surface area contributed by atoms with Crippen molar-refractivity contribution >= 4 is 11.6 Å². The summed E-state index contributed by atoms with van der Waals surface area (Å²) in [4.78, 5) is 0. The van der Waals surface area contributed by atoms with Gasteiger partial charge in [0.1, 0.15) is 11.5 Å². The van der Waals surface area contributed by atoms with E-state index in [0.717, 1.165) is 17.5 Å². The maximum absolute atomic E-state index is 9.90. The van der Waals surface area contributed by atoms with E-state index in [1.54, 1.807) is 12.1 Å². The zero-order valence-corrected chi connectivity index (χ0v) is 11.4. The maximum atomic E-state index is 9.90. The minimum atomic E-state index is -0.00345. The first-order valence-corrected chi connectivity index (χ1v) is 6.79. The highest BCUT2D eigenvalue weighted by Crippen LogP contribution is 2.36. The van der Waals surface area contributed by atoms with Crippen LogP contribution >= 0.6 is 11.6 Å². The van der Waals surface area contributed by atoms with Gasteiger partial charge >= 0.3 is 0 Å². The minimum absolute atomic E-state index is 0.00345. The third kappa shape index (κ3) is 2.58. The van der Waals surface area contributed by atoms with Gasteiger partial charge < -0.3 is 10.2 Å². The van der Waals surface area contributed by atoms with Crippen LogP contribution in [0, 0.1) is 0 Å². The second-order valence-electron chi connectivity index (χ2n) is 4.92. The van der Waals surface area contributed by atoms with E-state index in [4.69, 9.17) is 11.6 Å². The van der Waals surface area contributed by atoms with Crippen molar-refractivity contribution in [3.63, 3.8) is 0 Å². The lowest BCUT2D eigenvalue weighted by atomic mass is 9.97. The molecular weight excluding hydrogens is 276 g/mol. The normalized spacial score (nSPS) is 22.1. The molecule has 1 saturated heterocycles. The van der Waals surface area contributed by atoms with Gasteiger partial charge in [-0.3, -0.25) is 0 Å². The van der Waals surface area contributed by atoms with Gasteiger partial charge in [0.05, 0.1) is 6.04 Å². The van der Waals surface area contributed by atoms with Gasteiger partial charge in [-0.25, -0.2) is 10.9 Å². The van der Waals surface area contributed by atoms with E-state index in [2.05, 4.69) is 10.9 Å². The number of phenols is 2. The average Bonchev–Trinajstić information content (AvgIpc) is 2.89. The summed E-state index contributed by atoms with van der Waals surface area (Å²) in [7, 11) is 0. The van der Waals surface area contributed by atoms with Gasteiger partial charge in [-0.2, -0.15) is 0 Å². The molecule has 1 fully saturated rings. The van der Waals surface area contributed by atoms with E-state index in [1.807, 2.05) is 24.3 Å². The molecule has 2 aromatic rings. The van der Waals surface area contributed by atoms with Gasteiger partial charge in [0.15, 0.2) is 0 Å². The third-order valence-corrected chi connectivity index (χ3v) is 3.82. The molecule has 0 aliphatic carbocycles. The van der Waals surface area contributed by atoms with E-state index in [-0.39, 0.29) is 23.6 Å². The van der Waals surface area contributed by atoms with Crippen LogP contribution in [0.1, 0.15) is 29.6 Å². The topological polar surface area (TPSA) is 64.5 Å². The lowest BCUT2D eigenvalue weighted by Crippen LogP contribution is -2.26. The van der Waals surface area contributed by atoms with Crippen LogP contribution < -0.4 is 10.9 Å². The molecule has 1 heterocycles. The Balaban J connectivity index is 1.78. The van der Waals surface area contributed by atoms with Crippen LogP contribution in [0.4, 0.5) is 0 Å². The van der Waals surface area contributed by atoms with Crippen LogP contribution in [0.25, 0.3) is 0 Å². The molecule has 1 aliphatic heterocycles. The molecule has 0 radical (unpaired) electrons. The summed E-state index contributed by atoms with van der Waals surface area (Å²) in [5.41, 5.74) is 8.30. The Kier molecular flexibility index (Phi) is 3.53. The zero-order valence-electron chi connectivity index (χ0n) is 10.7. The van der Waals surface area contributed by atoms with Crippen LogP contribution in [-0.4, -0.2) is 10.2 Å². The number of phenolic OH excluding ortho intramolecular Hbond substituents is 2. The molecule has 0 amide bonds. The van der Waals surface area contributed by atoms with E-state index in [0.29, 0.717) is 5.02 Å². The highest BCUT2D eigenvalue weighted by molar-refractivity contribution is 6.30. The summed E-state index contributed by atoms with van der Waals surface area (Å²) < 4.78 is 0. The van der Waals surface area contributed by atoms with Crippen molar-refractivity contribution in [2.75, 3.05) is 0 Å². The van der Waals surface area contributed by atoms with E-state index >= 15 is 0 Å². The molecule has 0 spiro atoms. The monoisotopic (exact) mass is 290 g/mol. The lowest BCUT2D eigenvalue weighted by molar-refractivity contribution is 0.436. The number of aromatic hydroxyl groups is 2. The smallest absolute Gasteiger partial charge is 0.124 e. The highest BCUT2D eigenvalue weighted by atomic mass is 35.5. The number of benzene rings is 2. The van der Waals surface area contributed by atoms with Crippen LogP contribution in [0.5, 0.6) is 11.5 Å². The molecule has 3 rings (SSSR count). The summed E-state index contributed by atoms with van der Waals surface area (Å²) in [6.45, 7) is 0. The van der Waals surface area contributed by atoms with Gasteiger partial charge in [-0.15, -0.1) is 0 Å². The van der Waals surface area contributed by atoms with Crippen LogP contribution in [0.3, 0.4) is 0 Å². The molecule has 2 aromatic carbocycles. The second kappa shape index (κ2) is 5.32. The first-order chi connectivity index (χ1) is 9.63. The average molecular weight is 291 g/mol. The van der Waals surface area contributed by atoms with Crippen LogP contribution in [-0.2, 0) is 0 Å². The predicted molar refractivity (Wildman–Crippen MR) is 77.6 cm³/mol. The Morgan fingerprint density at radius 2 is 1.65 bits per heavy atom. The number of halogens is 1.